The van der Waals surface area contributed by atoms with E-state index < -0.39 is 11.8 Å². The summed E-state index contributed by atoms with van der Waals surface area (Å²) in [6.45, 7) is 3.87. The molecule has 18 heavy (non-hydrogen) atoms. The zero-order chi connectivity index (χ0) is 13.3. The zero-order valence-electron chi connectivity index (χ0n) is 9.97. The van der Waals surface area contributed by atoms with Crippen LogP contribution in [-0.4, -0.2) is 21.8 Å². The number of nitrogens with zero attached hydrogens (tertiary/aromatic N) is 1. The molecule has 2 rings (SSSR count). The highest BCUT2D eigenvalue weighted by molar-refractivity contribution is 7.75. The van der Waals surface area contributed by atoms with Gasteiger partial charge in [-0.05, 0) is 12.9 Å². The van der Waals surface area contributed by atoms with Crippen molar-refractivity contribution in [3.05, 3.63) is 23.0 Å². The first-order valence-electron chi connectivity index (χ1n) is 5.28. The number of aromatic nitrogens is 1. The molecule has 0 atom stereocenters. The normalized spacial score (nSPS) is 16.8. The van der Waals surface area contributed by atoms with Gasteiger partial charge in [0.1, 0.15) is 0 Å². The lowest BCUT2D eigenvalue weighted by Gasteiger charge is -2.33. The minimum atomic E-state index is -1.14. The average Bonchev–Trinajstić information content (AvgIpc) is 2.27. The van der Waals surface area contributed by atoms with Crippen LogP contribution < -0.4 is 4.74 Å². The highest BCUT2D eigenvalue weighted by atomic mass is 32.1. The number of fused-ring (bicyclic) bond motifs is 1. The van der Waals surface area contributed by atoms with Gasteiger partial charge in [-0.15, -0.1) is 0 Å². The third kappa shape index (κ3) is 2.43. The molecule has 98 valence electrons. The van der Waals surface area contributed by atoms with E-state index in [4.69, 9.17) is 18.8 Å². The Hall–Kier alpha value is -1.31. The fraction of sp³-hybridized carbons (Fsp3) is 0.455. The molecule has 0 aliphatic carbocycles. The quantitative estimate of drug-likeness (QED) is 0.644. The van der Waals surface area contributed by atoms with Gasteiger partial charge in [-0.3, -0.25) is 0 Å². The zero-order valence-corrected chi connectivity index (χ0v) is 10.9. The minimum Gasteiger partial charge on any atom is -0.476 e. The van der Waals surface area contributed by atoms with Crippen molar-refractivity contribution in [1.82, 2.24) is 4.98 Å². The number of aromatic carboxylic acids is 1. The van der Waals surface area contributed by atoms with E-state index in [1.807, 2.05) is 0 Å². The van der Waals surface area contributed by atoms with E-state index in [2.05, 4.69) is 17.9 Å². The molecule has 1 aliphatic heterocycles. The average molecular weight is 271 g/mol. The van der Waals surface area contributed by atoms with Crippen LogP contribution in [0.15, 0.2) is 6.20 Å². The first kappa shape index (κ1) is 13.1. The van der Waals surface area contributed by atoms with Crippen LogP contribution in [0.4, 0.5) is 0 Å². The van der Waals surface area contributed by atoms with Crippen molar-refractivity contribution < 1.29 is 23.6 Å². The van der Waals surface area contributed by atoms with Crippen LogP contribution in [0.2, 0.25) is 0 Å². The summed E-state index contributed by atoms with van der Waals surface area (Å²) in [7, 11) is 0. The van der Waals surface area contributed by atoms with Crippen LogP contribution >= 0.6 is 12.9 Å². The number of pyridine rings is 1. The Labute approximate surface area is 109 Å². The summed E-state index contributed by atoms with van der Waals surface area (Å²) in [6.07, 6.45) is 1.43. The van der Waals surface area contributed by atoms with Gasteiger partial charge in [0, 0.05) is 31.2 Å². The smallest absolute Gasteiger partial charge is 0.358 e. The first-order valence-corrected chi connectivity index (χ1v) is 5.64. The fourth-order valence-corrected chi connectivity index (χ4v) is 1.84. The van der Waals surface area contributed by atoms with Crippen molar-refractivity contribution in [2.45, 2.75) is 32.8 Å². The molecule has 1 aromatic heterocycles. The molecule has 0 spiro atoms. The minimum absolute atomic E-state index is 0.121. The molecule has 0 amide bonds. The standard InChI is InChI=1S/C11H13NO5S/c1-11(2)15-5-7-6(4-16-18)3-12-8(10(13)14)9(7)17-11/h3,18H,4-5H2,1-2H3,(H,13,14). The van der Waals surface area contributed by atoms with Gasteiger partial charge in [-0.25, -0.2) is 9.78 Å². The maximum absolute atomic E-state index is 11.1. The lowest BCUT2D eigenvalue weighted by Crippen LogP contribution is -2.36. The molecule has 0 fully saturated rings. The summed E-state index contributed by atoms with van der Waals surface area (Å²) in [5.74, 6) is -1.77. The van der Waals surface area contributed by atoms with Crippen LogP contribution in [0.25, 0.3) is 0 Å². The Bertz CT molecular complexity index is 489. The Balaban J connectivity index is 2.53. The van der Waals surface area contributed by atoms with Crippen molar-refractivity contribution in [2.24, 2.45) is 0 Å². The van der Waals surface area contributed by atoms with Gasteiger partial charge in [0.15, 0.2) is 11.4 Å². The predicted molar refractivity (Wildman–Crippen MR) is 64.5 cm³/mol. The number of rotatable bonds is 3. The van der Waals surface area contributed by atoms with E-state index in [1.54, 1.807) is 13.8 Å². The first-order chi connectivity index (χ1) is 8.44. The molecule has 0 radical (unpaired) electrons. The van der Waals surface area contributed by atoms with E-state index in [0.29, 0.717) is 11.1 Å². The number of ether oxygens (including phenoxy) is 2. The summed E-state index contributed by atoms with van der Waals surface area (Å²) in [5, 5.41) is 9.10. The predicted octanol–water partition coefficient (Wildman–Crippen LogP) is 1.79. The molecule has 1 aromatic rings. The highest BCUT2D eigenvalue weighted by Crippen LogP contribution is 2.35. The molecule has 0 aromatic carbocycles. The fourth-order valence-electron chi connectivity index (χ4n) is 1.70. The number of carboxylic acids is 1. The molecule has 0 unspecified atom stereocenters. The lowest BCUT2D eigenvalue weighted by molar-refractivity contribution is -0.180. The van der Waals surface area contributed by atoms with E-state index in [9.17, 15) is 4.79 Å². The largest absolute Gasteiger partial charge is 0.476 e. The van der Waals surface area contributed by atoms with E-state index in [0.717, 1.165) is 0 Å². The number of thiol groups is 1. The summed E-state index contributed by atoms with van der Waals surface area (Å²) in [6, 6.07) is 0. The number of hydrogen-bond acceptors (Lipinski definition) is 6. The number of hydrogen-bond donors (Lipinski definition) is 2. The SMILES string of the molecule is CC1(C)OCc2c(COS)cnc(C(=O)O)c2O1. The summed E-state index contributed by atoms with van der Waals surface area (Å²) in [5.41, 5.74) is 1.21. The third-order valence-electron chi connectivity index (χ3n) is 2.56. The molecular weight excluding hydrogens is 258 g/mol. The van der Waals surface area contributed by atoms with E-state index in [1.165, 1.54) is 6.20 Å². The maximum atomic E-state index is 11.1. The number of carboxylic acid groups (broad SMARTS) is 1. The second-order valence-electron chi connectivity index (χ2n) is 4.31. The Morgan fingerprint density at radius 2 is 2.39 bits per heavy atom. The lowest BCUT2D eigenvalue weighted by atomic mass is 10.1. The van der Waals surface area contributed by atoms with Crippen LogP contribution in [0.5, 0.6) is 5.75 Å². The Kier molecular flexibility index (Phi) is 3.47. The third-order valence-corrected chi connectivity index (χ3v) is 2.69. The Morgan fingerprint density at radius 3 is 3.00 bits per heavy atom. The van der Waals surface area contributed by atoms with Crippen molar-refractivity contribution in [3.8, 4) is 5.75 Å². The highest BCUT2D eigenvalue weighted by Gasteiger charge is 2.33. The van der Waals surface area contributed by atoms with Crippen molar-refractivity contribution >= 4 is 18.9 Å². The molecular formula is C11H13NO5S. The van der Waals surface area contributed by atoms with Crippen molar-refractivity contribution in [2.75, 3.05) is 0 Å². The molecule has 2 heterocycles. The van der Waals surface area contributed by atoms with Gasteiger partial charge < -0.3 is 18.8 Å². The molecule has 6 nitrogen and oxygen atoms in total. The molecule has 0 saturated heterocycles. The van der Waals surface area contributed by atoms with Crippen LogP contribution in [0.3, 0.4) is 0 Å². The van der Waals surface area contributed by atoms with Gasteiger partial charge in [0.25, 0.3) is 0 Å². The van der Waals surface area contributed by atoms with E-state index in [-0.39, 0.29) is 24.7 Å². The molecule has 0 bridgehead atoms. The van der Waals surface area contributed by atoms with Crippen LogP contribution in [0, 0.1) is 0 Å². The van der Waals surface area contributed by atoms with Crippen LogP contribution in [-0.2, 0) is 22.1 Å². The molecule has 0 saturated carbocycles. The molecule has 1 N–H and O–H groups in total. The second-order valence-corrected chi connectivity index (χ2v) is 4.57. The number of carbonyl (C=O) groups is 1. The maximum Gasteiger partial charge on any atom is 0.358 e. The monoisotopic (exact) mass is 271 g/mol. The van der Waals surface area contributed by atoms with Gasteiger partial charge >= 0.3 is 5.97 Å². The van der Waals surface area contributed by atoms with Crippen LogP contribution in [0.1, 0.15) is 35.5 Å². The van der Waals surface area contributed by atoms with Crippen molar-refractivity contribution in [1.29, 1.82) is 0 Å². The van der Waals surface area contributed by atoms with Crippen molar-refractivity contribution in [3.63, 3.8) is 0 Å². The Morgan fingerprint density at radius 1 is 1.67 bits per heavy atom. The van der Waals surface area contributed by atoms with Gasteiger partial charge in [-0.2, -0.15) is 0 Å². The topological polar surface area (TPSA) is 77.9 Å². The van der Waals surface area contributed by atoms with Gasteiger partial charge in [-0.1, -0.05) is 0 Å². The molecule has 7 heteroatoms. The second kappa shape index (κ2) is 4.75. The summed E-state index contributed by atoms with van der Waals surface area (Å²) >= 11 is 3.67. The molecule has 1 aliphatic rings. The van der Waals surface area contributed by atoms with E-state index >= 15 is 0 Å². The summed E-state index contributed by atoms with van der Waals surface area (Å²) < 4.78 is 15.8. The summed E-state index contributed by atoms with van der Waals surface area (Å²) in [4.78, 5) is 15.0. The van der Waals surface area contributed by atoms with Gasteiger partial charge in [0.05, 0.1) is 13.2 Å². The van der Waals surface area contributed by atoms with Gasteiger partial charge in [0.2, 0.25) is 5.79 Å².